The first kappa shape index (κ1) is 27.6. The number of allylic oxidation sites excluding steroid dienone is 6. The van der Waals surface area contributed by atoms with Crippen molar-refractivity contribution >= 4 is 23.2 Å². The highest BCUT2D eigenvalue weighted by atomic mass is 32.1. The summed E-state index contributed by atoms with van der Waals surface area (Å²) in [5, 5.41) is 26.9. The first-order valence-corrected chi connectivity index (χ1v) is 10.0. The molecule has 1 unspecified atom stereocenters. The van der Waals surface area contributed by atoms with Gasteiger partial charge in [0.1, 0.15) is 6.67 Å². The molecule has 0 aliphatic carbocycles. The van der Waals surface area contributed by atoms with E-state index in [1.54, 1.807) is 6.08 Å². The third-order valence-corrected chi connectivity index (χ3v) is 3.82. The molecule has 1 atom stereocenters. The molecule has 0 aliphatic rings. The molecule has 30 heavy (non-hydrogen) atoms. The van der Waals surface area contributed by atoms with Crippen LogP contribution in [-0.4, -0.2) is 53.7 Å². The zero-order valence-corrected chi connectivity index (χ0v) is 18.3. The van der Waals surface area contributed by atoms with Crippen molar-refractivity contribution in [3.05, 3.63) is 72.0 Å². The van der Waals surface area contributed by atoms with Crippen molar-refractivity contribution in [2.45, 2.75) is 26.3 Å². The molecule has 5 N–H and O–H groups in total. The minimum Gasteiger partial charge on any atom is -0.394 e. The molecule has 0 fully saturated rings. The fourth-order valence-electron chi connectivity index (χ4n) is 2.27. The first-order chi connectivity index (χ1) is 14.5. The molecule has 0 saturated carbocycles. The number of hydrogen-bond donors (Lipinski definition) is 5. The number of amides is 1. The summed E-state index contributed by atoms with van der Waals surface area (Å²) in [5.41, 5.74) is 1.44. The molecular formula is C22H32FN3O3S. The Hall–Kier alpha value is -2.39. The molecule has 0 heterocycles. The zero-order chi connectivity index (χ0) is 22.6. The van der Waals surface area contributed by atoms with E-state index in [4.69, 9.17) is 17.3 Å². The Morgan fingerprint density at radius 1 is 1.03 bits per heavy atom. The number of carbonyl (C=O) groups excluding carboxylic acids is 1. The van der Waals surface area contributed by atoms with Gasteiger partial charge in [-0.1, -0.05) is 42.5 Å². The van der Waals surface area contributed by atoms with Gasteiger partial charge in [-0.3, -0.25) is 10.1 Å². The summed E-state index contributed by atoms with van der Waals surface area (Å²) in [4.78, 5) is 11.6. The second-order valence-corrected chi connectivity index (χ2v) is 6.30. The van der Waals surface area contributed by atoms with Crippen LogP contribution in [0.5, 0.6) is 0 Å². The molecule has 0 aromatic heterocycles. The maximum Gasteiger partial charge on any atom is 0.249 e. The Bertz CT molecular complexity index is 698. The summed E-state index contributed by atoms with van der Waals surface area (Å²) >= 11 is 5.07. The highest BCUT2D eigenvalue weighted by molar-refractivity contribution is 7.80. The predicted octanol–water partition coefficient (Wildman–Crippen LogP) is 2.35. The van der Waals surface area contributed by atoms with Crippen LogP contribution >= 0.6 is 12.2 Å². The van der Waals surface area contributed by atoms with Crippen molar-refractivity contribution in [1.82, 2.24) is 16.0 Å². The molecule has 1 amide bonds. The van der Waals surface area contributed by atoms with Gasteiger partial charge in [-0.15, -0.1) is 0 Å². The molecule has 6 nitrogen and oxygen atoms in total. The van der Waals surface area contributed by atoms with Gasteiger partial charge in [0.25, 0.3) is 0 Å². The topological polar surface area (TPSA) is 93.6 Å². The third-order valence-electron chi connectivity index (χ3n) is 3.61. The second kappa shape index (κ2) is 18.6. The number of nitrogens with one attached hydrogen (secondary N) is 3. The molecule has 0 aliphatic heterocycles. The average Bonchev–Trinajstić information content (AvgIpc) is 2.73. The fourth-order valence-corrected chi connectivity index (χ4v) is 2.48. The lowest BCUT2D eigenvalue weighted by Gasteiger charge is -2.17. The molecular weight excluding hydrogens is 405 g/mol. The zero-order valence-electron chi connectivity index (χ0n) is 17.5. The van der Waals surface area contributed by atoms with Crippen LogP contribution in [-0.2, 0) is 4.79 Å². The lowest BCUT2D eigenvalue weighted by atomic mass is 10.1. The lowest BCUT2D eigenvalue weighted by molar-refractivity contribution is -0.115. The lowest BCUT2D eigenvalue weighted by Crippen LogP contribution is -2.38. The predicted molar refractivity (Wildman–Crippen MR) is 125 cm³/mol. The van der Waals surface area contributed by atoms with Gasteiger partial charge in [-0.05, 0) is 50.2 Å². The van der Waals surface area contributed by atoms with E-state index in [2.05, 4.69) is 16.0 Å². The minimum absolute atomic E-state index is 0.0388. The number of thiocarbonyl (C=S) groups is 1. The Morgan fingerprint density at radius 2 is 1.80 bits per heavy atom. The van der Waals surface area contributed by atoms with E-state index in [0.29, 0.717) is 12.2 Å². The van der Waals surface area contributed by atoms with E-state index in [0.717, 1.165) is 18.1 Å². The highest BCUT2D eigenvalue weighted by Crippen LogP contribution is 2.07. The van der Waals surface area contributed by atoms with Crippen molar-refractivity contribution in [2.75, 3.05) is 26.4 Å². The summed E-state index contributed by atoms with van der Waals surface area (Å²) in [6.45, 7) is 3.23. The van der Waals surface area contributed by atoms with E-state index >= 15 is 0 Å². The van der Waals surface area contributed by atoms with Crippen LogP contribution < -0.4 is 16.0 Å². The highest BCUT2D eigenvalue weighted by Gasteiger charge is 2.09. The van der Waals surface area contributed by atoms with Crippen LogP contribution in [0.2, 0.25) is 0 Å². The number of aliphatic hydroxyl groups is 2. The van der Waals surface area contributed by atoms with Crippen molar-refractivity contribution in [3.8, 4) is 0 Å². The van der Waals surface area contributed by atoms with Gasteiger partial charge in [0.15, 0.2) is 5.11 Å². The number of halogens is 1. The van der Waals surface area contributed by atoms with Gasteiger partial charge in [0, 0.05) is 18.3 Å². The van der Waals surface area contributed by atoms with Gasteiger partial charge < -0.3 is 20.8 Å². The molecule has 8 heteroatoms. The number of alkyl halides is 1. The van der Waals surface area contributed by atoms with Gasteiger partial charge in [0.05, 0.1) is 19.3 Å². The molecule has 166 valence electrons. The van der Waals surface area contributed by atoms with Gasteiger partial charge in [-0.2, -0.15) is 0 Å². The van der Waals surface area contributed by atoms with Crippen LogP contribution in [0.25, 0.3) is 0 Å². The Labute approximate surface area is 183 Å². The summed E-state index contributed by atoms with van der Waals surface area (Å²) in [7, 11) is 0. The van der Waals surface area contributed by atoms with Crippen LogP contribution in [0, 0.1) is 0 Å². The van der Waals surface area contributed by atoms with E-state index in [9.17, 15) is 14.3 Å². The molecule has 0 aromatic rings. The number of aliphatic hydroxyl groups excluding tert-OH is 2. The SMILES string of the molecule is C/C=C\C/C=C(\C=C/C)C(CO)NC/C=C(\C=C/CF)NC(=S)NC(=O)/C=C/CO. The van der Waals surface area contributed by atoms with Gasteiger partial charge in [-0.25, -0.2) is 4.39 Å². The summed E-state index contributed by atoms with van der Waals surface area (Å²) in [6.07, 6.45) is 17.6. The molecule has 0 saturated heterocycles. The average molecular weight is 438 g/mol. The minimum atomic E-state index is -0.650. The van der Waals surface area contributed by atoms with Crippen LogP contribution in [0.3, 0.4) is 0 Å². The normalized spacial score (nSPS) is 14.3. The summed E-state index contributed by atoms with van der Waals surface area (Å²) in [5.74, 6) is -0.490. The quantitative estimate of drug-likeness (QED) is 0.131. The maximum absolute atomic E-state index is 12.5. The molecule has 0 aromatic carbocycles. The molecule has 0 bridgehead atoms. The van der Waals surface area contributed by atoms with Crippen molar-refractivity contribution < 1.29 is 19.4 Å². The number of hydrogen-bond acceptors (Lipinski definition) is 5. The van der Waals surface area contributed by atoms with Crippen LogP contribution in [0.1, 0.15) is 20.3 Å². The monoisotopic (exact) mass is 437 g/mol. The summed E-state index contributed by atoms with van der Waals surface area (Å²) in [6, 6.07) is -0.274. The second-order valence-electron chi connectivity index (χ2n) is 5.90. The van der Waals surface area contributed by atoms with E-state index in [1.807, 2.05) is 44.2 Å². The van der Waals surface area contributed by atoms with E-state index < -0.39 is 12.6 Å². The van der Waals surface area contributed by atoms with Gasteiger partial charge in [0.2, 0.25) is 5.91 Å². The molecule has 0 rings (SSSR count). The van der Waals surface area contributed by atoms with E-state index in [1.165, 1.54) is 18.2 Å². The maximum atomic E-state index is 12.5. The standard InChI is InChI=1S/C22H32FN3O3S/c1-3-5-6-10-18(9-4-2)20(17-28)24-15-13-19(11-7-14-23)25-22(30)26-21(29)12-8-16-27/h3-5,7-13,20,24,27-28H,6,14-17H2,1-2H3,(H2,25,26,29,30)/b5-3-,9-4-,11-7-,12-8+,18-10+,19-13+. The molecule has 0 spiro atoms. The van der Waals surface area contributed by atoms with Crippen LogP contribution in [0.15, 0.2) is 72.0 Å². The number of rotatable bonds is 13. The Balaban J connectivity index is 5.10. The largest absolute Gasteiger partial charge is 0.394 e. The van der Waals surface area contributed by atoms with Crippen molar-refractivity contribution in [1.29, 1.82) is 0 Å². The van der Waals surface area contributed by atoms with Crippen LogP contribution in [0.4, 0.5) is 4.39 Å². The number of carbonyl (C=O) groups is 1. The first-order valence-electron chi connectivity index (χ1n) is 9.62. The van der Waals surface area contributed by atoms with Gasteiger partial charge >= 0.3 is 0 Å². The fraction of sp³-hybridized carbons (Fsp3) is 0.364. The molecule has 0 radical (unpaired) electrons. The summed E-state index contributed by atoms with van der Waals surface area (Å²) < 4.78 is 12.5. The smallest absolute Gasteiger partial charge is 0.249 e. The van der Waals surface area contributed by atoms with Crippen molar-refractivity contribution in [3.63, 3.8) is 0 Å². The third kappa shape index (κ3) is 13.7. The van der Waals surface area contributed by atoms with E-state index in [-0.39, 0.29) is 24.4 Å². The van der Waals surface area contributed by atoms with Crippen molar-refractivity contribution in [2.24, 2.45) is 0 Å². The Kier molecular flexibility index (Phi) is 17.1. The Morgan fingerprint density at radius 3 is 2.40 bits per heavy atom.